The SMILES string of the molecule is CC1OCCC1C(=O)Nc1ccc(C(C)(C)C(=O)O)cc1. The Hall–Kier alpha value is -1.88. The van der Waals surface area contributed by atoms with Gasteiger partial charge in [0, 0.05) is 12.3 Å². The van der Waals surface area contributed by atoms with Crippen LogP contribution in [0, 0.1) is 5.92 Å². The van der Waals surface area contributed by atoms with Crippen molar-refractivity contribution in [2.45, 2.75) is 38.7 Å². The Balaban J connectivity index is 2.06. The van der Waals surface area contributed by atoms with E-state index in [-0.39, 0.29) is 17.9 Å². The number of ether oxygens (including phenoxy) is 1. The van der Waals surface area contributed by atoms with Crippen LogP contribution in [0.2, 0.25) is 0 Å². The number of aliphatic carboxylic acids is 1. The van der Waals surface area contributed by atoms with Gasteiger partial charge in [0.05, 0.1) is 17.4 Å². The maximum Gasteiger partial charge on any atom is 0.313 e. The van der Waals surface area contributed by atoms with Crippen LogP contribution in [0.15, 0.2) is 24.3 Å². The molecule has 0 radical (unpaired) electrons. The van der Waals surface area contributed by atoms with Gasteiger partial charge in [0.15, 0.2) is 0 Å². The zero-order valence-electron chi connectivity index (χ0n) is 12.6. The van der Waals surface area contributed by atoms with Crippen LogP contribution in [0.4, 0.5) is 5.69 Å². The number of hydrogen-bond donors (Lipinski definition) is 2. The Morgan fingerprint density at radius 1 is 1.29 bits per heavy atom. The zero-order valence-corrected chi connectivity index (χ0v) is 12.6. The summed E-state index contributed by atoms with van der Waals surface area (Å²) in [7, 11) is 0. The fourth-order valence-corrected chi connectivity index (χ4v) is 2.40. The van der Waals surface area contributed by atoms with Crippen molar-refractivity contribution in [2.75, 3.05) is 11.9 Å². The second-order valence-electron chi connectivity index (χ2n) is 5.97. The Morgan fingerprint density at radius 2 is 1.90 bits per heavy atom. The number of anilines is 1. The monoisotopic (exact) mass is 291 g/mol. The number of carbonyl (C=O) groups is 2. The van der Waals surface area contributed by atoms with Crippen LogP contribution >= 0.6 is 0 Å². The van der Waals surface area contributed by atoms with E-state index < -0.39 is 11.4 Å². The minimum atomic E-state index is -0.948. The average Bonchev–Trinajstić information content (AvgIpc) is 2.85. The predicted octanol–water partition coefficient (Wildman–Crippen LogP) is 2.41. The minimum absolute atomic E-state index is 0.0507. The number of carboxylic acid groups (broad SMARTS) is 1. The van der Waals surface area contributed by atoms with Crippen molar-refractivity contribution in [2.24, 2.45) is 5.92 Å². The highest BCUT2D eigenvalue weighted by Crippen LogP contribution is 2.26. The molecule has 1 aromatic carbocycles. The molecular weight excluding hydrogens is 270 g/mol. The number of amides is 1. The molecule has 1 aliphatic rings. The second kappa shape index (κ2) is 5.85. The maximum atomic E-state index is 12.1. The highest BCUT2D eigenvalue weighted by Gasteiger charge is 2.31. The van der Waals surface area contributed by atoms with Gasteiger partial charge in [-0.1, -0.05) is 12.1 Å². The van der Waals surface area contributed by atoms with E-state index >= 15 is 0 Å². The van der Waals surface area contributed by atoms with Gasteiger partial charge in [-0.2, -0.15) is 0 Å². The number of hydrogen-bond acceptors (Lipinski definition) is 3. The molecule has 21 heavy (non-hydrogen) atoms. The molecule has 0 saturated carbocycles. The number of rotatable bonds is 4. The largest absolute Gasteiger partial charge is 0.481 e. The van der Waals surface area contributed by atoms with Gasteiger partial charge in [-0.25, -0.2) is 0 Å². The molecule has 2 atom stereocenters. The van der Waals surface area contributed by atoms with E-state index in [1.807, 2.05) is 6.92 Å². The standard InChI is InChI=1S/C16H21NO4/c1-10-13(8-9-21-10)14(18)17-12-6-4-11(5-7-12)16(2,3)15(19)20/h4-7,10,13H,8-9H2,1-3H3,(H,17,18)(H,19,20). The highest BCUT2D eigenvalue weighted by molar-refractivity contribution is 5.93. The van der Waals surface area contributed by atoms with Gasteiger partial charge in [-0.05, 0) is 44.9 Å². The van der Waals surface area contributed by atoms with Gasteiger partial charge in [-0.3, -0.25) is 9.59 Å². The maximum absolute atomic E-state index is 12.1. The van der Waals surface area contributed by atoms with E-state index in [4.69, 9.17) is 4.74 Å². The molecule has 2 unspecified atom stereocenters. The van der Waals surface area contributed by atoms with Crippen molar-refractivity contribution in [3.63, 3.8) is 0 Å². The van der Waals surface area contributed by atoms with E-state index in [1.165, 1.54) is 0 Å². The lowest BCUT2D eigenvalue weighted by Crippen LogP contribution is -2.29. The Labute approximate surface area is 124 Å². The summed E-state index contributed by atoms with van der Waals surface area (Å²) in [4.78, 5) is 23.3. The molecule has 0 spiro atoms. The molecule has 1 saturated heterocycles. The van der Waals surface area contributed by atoms with Gasteiger partial charge >= 0.3 is 5.97 Å². The van der Waals surface area contributed by atoms with Gasteiger partial charge in [-0.15, -0.1) is 0 Å². The molecule has 1 amide bonds. The van der Waals surface area contributed by atoms with Crippen LogP contribution in [0.3, 0.4) is 0 Å². The van der Waals surface area contributed by atoms with E-state index in [0.29, 0.717) is 17.9 Å². The molecule has 0 bridgehead atoms. The lowest BCUT2D eigenvalue weighted by molar-refractivity contribution is -0.142. The fraction of sp³-hybridized carbons (Fsp3) is 0.500. The minimum Gasteiger partial charge on any atom is -0.481 e. The second-order valence-corrected chi connectivity index (χ2v) is 5.97. The summed E-state index contributed by atoms with van der Waals surface area (Å²) in [6.07, 6.45) is 0.673. The van der Waals surface area contributed by atoms with Crippen molar-refractivity contribution >= 4 is 17.6 Å². The summed E-state index contributed by atoms with van der Waals surface area (Å²) in [5, 5.41) is 12.1. The van der Waals surface area contributed by atoms with Crippen LogP contribution in [-0.4, -0.2) is 29.7 Å². The number of carbonyl (C=O) groups excluding carboxylic acids is 1. The molecule has 1 aromatic rings. The fourth-order valence-electron chi connectivity index (χ4n) is 2.40. The first-order valence-electron chi connectivity index (χ1n) is 7.09. The Kier molecular flexibility index (Phi) is 4.32. The van der Waals surface area contributed by atoms with Crippen LogP contribution in [-0.2, 0) is 19.7 Å². The molecule has 114 valence electrons. The quantitative estimate of drug-likeness (QED) is 0.893. The van der Waals surface area contributed by atoms with Gasteiger partial charge in [0.2, 0.25) is 5.91 Å². The van der Waals surface area contributed by atoms with E-state index in [1.54, 1.807) is 38.1 Å². The van der Waals surface area contributed by atoms with Crippen molar-refractivity contribution in [3.8, 4) is 0 Å². The first-order chi connectivity index (χ1) is 9.82. The first-order valence-corrected chi connectivity index (χ1v) is 7.09. The molecule has 0 aromatic heterocycles. The third kappa shape index (κ3) is 3.24. The lowest BCUT2D eigenvalue weighted by Gasteiger charge is -2.20. The Morgan fingerprint density at radius 3 is 2.38 bits per heavy atom. The number of nitrogens with one attached hydrogen (secondary N) is 1. The van der Waals surface area contributed by atoms with Crippen molar-refractivity contribution in [1.29, 1.82) is 0 Å². The molecule has 5 heteroatoms. The molecule has 1 fully saturated rings. The molecular formula is C16H21NO4. The van der Waals surface area contributed by atoms with Gasteiger partial charge in [0.25, 0.3) is 0 Å². The van der Waals surface area contributed by atoms with Crippen molar-refractivity contribution in [3.05, 3.63) is 29.8 Å². The van der Waals surface area contributed by atoms with Crippen LogP contribution in [0.1, 0.15) is 32.8 Å². The summed E-state index contributed by atoms with van der Waals surface area (Å²) in [6.45, 7) is 5.82. The molecule has 2 rings (SSSR count). The third-order valence-electron chi connectivity index (χ3n) is 4.12. The number of benzene rings is 1. The smallest absolute Gasteiger partial charge is 0.313 e. The molecule has 1 aliphatic heterocycles. The first kappa shape index (κ1) is 15.5. The average molecular weight is 291 g/mol. The summed E-state index contributed by atoms with van der Waals surface area (Å²) in [5.74, 6) is -1.05. The van der Waals surface area contributed by atoms with Crippen LogP contribution in [0.5, 0.6) is 0 Å². The van der Waals surface area contributed by atoms with Crippen LogP contribution in [0.25, 0.3) is 0 Å². The van der Waals surface area contributed by atoms with Crippen LogP contribution < -0.4 is 5.32 Å². The number of carboxylic acids is 1. The van der Waals surface area contributed by atoms with Crippen molar-refractivity contribution < 1.29 is 19.4 Å². The summed E-state index contributed by atoms with van der Waals surface area (Å²) >= 11 is 0. The highest BCUT2D eigenvalue weighted by atomic mass is 16.5. The van der Waals surface area contributed by atoms with Crippen molar-refractivity contribution in [1.82, 2.24) is 0 Å². The van der Waals surface area contributed by atoms with E-state index in [2.05, 4.69) is 5.32 Å². The van der Waals surface area contributed by atoms with Gasteiger partial charge < -0.3 is 15.2 Å². The normalized spacial score (nSPS) is 22.0. The summed E-state index contributed by atoms with van der Waals surface area (Å²) in [5.41, 5.74) is 0.422. The molecule has 2 N–H and O–H groups in total. The predicted molar refractivity (Wildman–Crippen MR) is 79.3 cm³/mol. The zero-order chi connectivity index (χ0) is 15.6. The molecule has 5 nitrogen and oxygen atoms in total. The van der Waals surface area contributed by atoms with E-state index in [9.17, 15) is 14.7 Å². The van der Waals surface area contributed by atoms with Gasteiger partial charge in [0.1, 0.15) is 0 Å². The summed E-state index contributed by atoms with van der Waals surface area (Å²) in [6, 6.07) is 6.94. The summed E-state index contributed by atoms with van der Waals surface area (Å²) < 4.78 is 5.39. The molecule has 0 aliphatic carbocycles. The lowest BCUT2D eigenvalue weighted by atomic mass is 9.85. The Bertz CT molecular complexity index is 536. The van der Waals surface area contributed by atoms with E-state index in [0.717, 1.165) is 6.42 Å². The topological polar surface area (TPSA) is 75.6 Å². The molecule has 1 heterocycles. The third-order valence-corrected chi connectivity index (χ3v) is 4.12.